The van der Waals surface area contributed by atoms with Gasteiger partial charge in [-0.25, -0.2) is 0 Å². The summed E-state index contributed by atoms with van der Waals surface area (Å²) in [6, 6.07) is 19.6. The van der Waals surface area contributed by atoms with Crippen LogP contribution in [0.2, 0.25) is 0 Å². The van der Waals surface area contributed by atoms with Crippen molar-refractivity contribution in [2.75, 3.05) is 90.0 Å². The first-order valence-corrected chi connectivity index (χ1v) is 17.9. The lowest BCUT2D eigenvalue weighted by atomic mass is 10.1. The summed E-state index contributed by atoms with van der Waals surface area (Å²) in [5.41, 5.74) is 1.98. The summed E-state index contributed by atoms with van der Waals surface area (Å²) in [4.78, 5) is 35.8. The summed E-state index contributed by atoms with van der Waals surface area (Å²) in [6.45, 7) is 12.1. The van der Waals surface area contributed by atoms with Crippen molar-refractivity contribution >= 4 is 28.5 Å². The molecule has 0 bridgehead atoms. The van der Waals surface area contributed by atoms with E-state index in [2.05, 4.69) is 29.7 Å². The quantitative estimate of drug-likeness (QED) is 0.209. The number of carbonyl (C=O) groups is 2. The van der Waals surface area contributed by atoms with E-state index in [1.54, 1.807) is 4.90 Å². The summed E-state index contributed by atoms with van der Waals surface area (Å²) in [6.07, 6.45) is -5.34. The van der Waals surface area contributed by atoms with Gasteiger partial charge in [0, 0.05) is 94.7 Å². The lowest BCUT2D eigenvalue weighted by Crippen LogP contribution is -2.54. The summed E-state index contributed by atoms with van der Waals surface area (Å²) < 4.78 is 50.6. The third-order valence-electron chi connectivity index (χ3n) is 10.00. The Hall–Kier alpha value is -4.59. The Morgan fingerprint density at radius 3 is 2.10 bits per heavy atom. The van der Waals surface area contributed by atoms with Gasteiger partial charge < -0.3 is 29.0 Å². The zero-order valence-electron chi connectivity index (χ0n) is 29.6. The first-order chi connectivity index (χ1) is 25.0. The number of benzene rings is 3. The van der Waals surface area contributed by atoms with Gasteiger partial charge in [-0.2, -0.15) is 13.2 Å². The Morgan fingerprint density at radius 2 is 1.46 bits per heavy atom. The van der Waals surface area contributed by atoms with Crippen molar-refractivity contribution in [2.24, 2.45) is 0 Å². The molecule has 13 heteroatoms. The first kappa shape index (κ1) is 37.2. The minimum atomic E-state index is -4.45. The van der Waals surface area contributed by atoms with Crippen molar-refractivity contribution in [2.45, 2.75) is 26.1 Å². The minimum Gasteiger partial charge on any atom is -0.492 e. The average molecular weight is 722 g/mol. The first-order valence-electron chi connectivity index (χ1n) is 17.9. The molecule has 1 N–H and O–H groups in total. The second kappa shape index (κ2) is 16.4. The molecule has 0 spiro atoms. The van der Waals surface area contributed by atoms with Crippen LogP contribution in [-0.2, 0) is 11.0 Å². The number of amides is 2. The molecule has 4 aromatic rings. The monoisotopic (exact) mass is 721 g/mol. The highest BCUT2D eigenvalue weighted by Crippen LogP contribution is 2.32. The molecule has 0 saturated carbocycles. The summed E-state index contributed by atoms with van der Waals surface area (Å²) in [5, 5.41) is 12.0. The fourth-order valence-corrected chi connectivity index (χ4v) is 6.77. The van der Waals surface area contributed by atoms with E-state index in [4.69, 9.17) is 9.15 Å². The van der Waals surface area contributed by atoms with Crippen LogP contribution < -0.4 is 9.64 Å². The highest BCUT2D eigenvalue weighted by atomic mass is 19.4. The van der Waals surface area contributed by atoms with Crippen LogP contribution in [0, 0.1) is 0 Å². The zero-order valence-corrected chi connectivity index (χ0v) is 29.6. The Morgan fingerprint density at radius 1 is 0.827 bits per heavy atom. The Labute approximate surface area is 301 Å². The fraction of sp³-hybridized carbons (Fsp3) is 0.436. The number of halogens is 3. The lowest BCUT2D eigenvalue weighted by Gasteiger charge is -2.38. The molecule has 278 valence electrons. The van der Waals surface area contributed by atoms with E-state index >= 15 is 0 Å². The van der Waals surface area contributed by atoms with Crippen molar-refractivity contribution in [1.82, 2.24) is 19.6 Å². The van der Waals surface area contributed by atoms with E-state index in [0.29, 0.717) is 62.9 Å². The molecule has 2 aliphatic rings. The van der Waals surface area contributed by atoms with Gasteiger partial charge in [-0.1, -0.05) is 12.1 Å². The van der Waals surface area contributed by atoms with Crippen molar-refractivity contribution in [3.63, 3.8) is 0 Å². The number of anilines is 1. The van der Waals surface area contributed by atoms with Crippen LogP contribution in [0.25, 0.3) is 11.0 Å². The van der Waals surface area contributed by atoms with E-state index in [0.717, 1.165) is 61.5 Å². The average Bonchev–Trinajstić information content (AvgIpc) is 3.59. The van der Waals surface area contributed by atoms with Crippen LogP contribution >= 0.6 is 0 Å². The number of carbonyl (C=O) groups excluding carboxylic acids is 2. The predicted molar refractivity (Wildman–Crippen MR) is 193 cm³/mol. The van der Waals surface area contributed by atoms with Crippen molar-refractivity contribution in [3.05, 3.63) is 95.2 Å². The van der Waals surface area contributed by atoms with Gasteiger partial charge in [0.2, 0.25) is 5.91 Å². The number of aliphatic hydroxyl groups is 1. The molecule has 1 atom stereocenters. The third kappa shape index (κ3) is 8.88. The van der Waals surface area contributed by atoms with Crippen molar-refractivity contribution in [1.29, 1.82) is 0 Å². The van der Waals surface area contributed by atoms with E-state index in [9.17, 15) is 27.9 Å². The Balaban J connectivity index is 0.888. The van der Waals surface area contributed by atoms with Gasteiger partial charge in [0.25, 0.3) is 5.91 Å². The topological polar surface area (TPSA) is 92.9 Å². The van der Waals surface area contributed by atoms with Crippen LogP contribution in [0.5, 0.6) is 5.75 Å². The molecule has 10 nitrogen and oxygen atoms in total. The van der Waals surface area contributed by atoms with Gasteiger partial charge in [0.1, 0.15) is 29.8 Å². The lowest BCUT2D eigenvalue weighted by molar-refractivity contribution is -0.137. The highest BCUT2D eigenvalue weighted by Gasteiger charge is 2.31. The maximum Gasteiger partial charge on any atom is 0.416 e. The SMILES string of the molecule is CCN(CC)c1ccc2cc(C(O)c3ccc(OCCN4CCN(C(=O)CN5CCN(C(=O)c6ccc(C(F)(F)F)cc6)CC5)CC4)cc3)oc2c1. The molecule has 0 aliphatic carbocycles. The molecule has 2 fully saturated rings. The minimum absolute atomic E-state index is 0.0488. The van der Waals surface area contributed by atoms with Gasteiger partial charge >= 0.3 is 6.18 Å². The number of rotatable bonds is 12. The number of fused-ring (bicyclic) bond motifs is 1. The molecule has 2 amide bonds. The molecule has 2 aliphatic heterocycles. The Kier molecular flexibility index (Phi) is 11.7. The maximum atomic E-state index is 13.0. The number of hydrogen-bond donors (Lipinski definition) is 1. The standard InChI is InChI=1S/C39H46F3N5O5/c1-3-45(4-2)32-12-7-30-25-35(52-34(30)26-32)37(49)28-8-13-33(14-9-28)51-24-23-43-15-19-46(20-16-43)36(48)27-44-17-21-47(22-18-44)38(50)29-5-10-31(11-6-29)39(40,41)42/h5-14,25-26,37,49H,3-4,15-24,27H2,1-2H3. The van der Waals surface area contributed by atoms with Crippen LogP contribution in [0.1, 0.15) is 47.2 Å². The normalized spacial score (nSPS) is 16.7. The number of ether oxygens (including phenoxy) is 1. The predicted octanol–water partition coefficient (Wildman–Crippen LogP) is 5.36. The van der Waals surface area contributed by atoms with Crippen molar-refractivity contribution < 1.29 is 37.0 Å². The number of aliphatic hydroxyl groups excluding tert-OH is 1. The van der Waals surface area contributed by atoms with E-state index in [-0.39, 0.29) is 23.9 Å². The summed E-state index contributed by atoms with van der Waals surface area (Å²) in [5.74, 6) is 0.943. The van der Waals surface area contributed by atoms with Crippen LogP contribution in [0.3, 0.4) is 0 Å². The molecule has 6 rings (SSSR count). The maximum absolute atomic E-state index is 13.0. The number of hydrogen-bond acceptors (Lipinski definition) is 8. The largest absolute Gasteiger partial charge is 0.492 e. The Bertz CT molecular complexity index is 1790. The van der Waals surface area contributed by atoms with Gasteiger partial charge in [-0.05, 0) is 74.0 Å². The van der Waals surface area contributed by atoms with Gasteiger partial charge in [-0.3, -0.25) is 19.4 Å². The van der Waals surface area contributed by atoms with Crippen LogP contribution in [0.4, 0.5) is 18.9 Å². The highest BCUT2D eigenvalue weighted by molar-refractivity contribution is 5.94. The summed E-state index contributed by atoms with van der Waals surface area (Å²) in [7, 11) is 0. The van der Waals surface area contributed by atoms with Crippen LogP contribution in [0.15, 0.2) is 77.2 Å². The van der Waals surface area contributed by atoms with Crippen LogP contribution in [-0.4, -0.2) is 122 Å². The second-order valence-corrected chi connectivity index (χ2v) is 13.2. The number of nitrogens with zero attached hydrogens (tertiary/aromatic N) is 5. The van der Waals surface area contributed by atoms with Gasteiger partial charge in [0.05, 0.1) is 12.1 Å². The molecule has 52 heavy (non-hydrogen) atoms. The number of piperazine rings is 2. The fourth-order valence-electron chi connectivity index (χ4n) is 6.77. The zero-order chi connectivity index (χ0) is 36.8. The second-order valence-electron chi connectivity index (χ2n) is 13.2. The third-order valence-corrected chi connectivity index (χ3v) is 10.00. The molecule has 1 aromatic heterocycles. The molecular weight excluding hydrogens is 675 g/mol. The molecule has 1 unspecified atom stereocenters. The summed E-state index contributed by atoms with van der Waals surface area (Å²) >= 11 is 0. The molecule has 3 heterocycles. The van der Waals surface area contributed by atoms with Crippen molar-refractivity contribution in [3.8, 4) is 5.75 Å². The number of alkyl halides is 3. The molecule has 0 radical (unpaired) electrons. The molecule has 2 saturated heterocycles. The van der Waals surface area contributed by atoms with E-state index < -0.39 is 17.8 Å². The smallest absolute Gasteiger partial charge is 0.416 e. The molecular formula is C39H46F3N5O5. The van der Waals surface area contributed by atoms with E-state index in [1.165, 1.54) is 12.1 Å². The number of furan rings is 1. The molecule has 3 aromatic carbocycles. The van der Waals surface area contributed by atoms with Gasteiger partial charge in [0.15, 0.2) is 0 Å². The van der Waals surface area contributed by atoms with Gasteiger partial charge in [-0.15, -0.1) is 0 Å². The van der Waals surface area contributed by atoms with E-state index in [1.807, 2.05) is 52.3 Å².